The predicted octanol–water partition coefficient (Wildman–Crippen LogP) is 2.61. The van der Waals surface area contributed by atoms with Crippen molar-refractivity contribution < 1.29 is 4.79 Å². The highest BCUT2D eigenvalue weighted by atomic mass is 16.1. The molecule has 1 atom stereocenters. The average molecular weight is 361 g/mol. The number of aryl methyl sites for hydroxylation is 2. The number of hydrogen-bond acceptors (Lipinski definition) is 6. The Balaban J connectivity index is 1.75. The fourth-order valence-electron chi connectivity index (χ4n) is 3.30. The van der Waals surface area contributed by atoms with Gasteiger partial charge in [-0.05, 0) is 60.5 Å². The summed E-state index contributed by atoms with van der Waals surface area (Å²) in [7, 11) is 0. The topological polar surface area (TPSA) is 97.6 Å². The number of aromatic nitrogens is 5. The van der Waals surface area contributed by atoms with Gasteiger partial charge in [0, 0.05) is 23.8 Å². The van der Waals surface area contributed by atoms with Gasteiger partial charge < -0.3 is 10.6 Å². The van der Waals surface area contributed by atoms with E-state index in [1.807, 2.05) is 51.1 Å². The summed E-state index contributed by atoms with van der Waals surface area (Å²) < 4.78 is 1.61. The summed E-state index contributed by atoms with van der Waals surface area (Å²) in [6, 6.07) is 9.21. The number of carbonyl (C=O) groups is 1. The van der Waals surface area contributed by atoms with Crippen molar-refractivity contribution in [3.8, 4) is 0 Å². The van der Waals surface area contributed by atoms with Crippen LogP contribution in [0.4, 0.5) is 11.6 Å². The lowest BCUT2D eigenvalue weighted by Crippen LogP contribution is -2.31. The molecule has 0 unspecified atom stereocenters. The third kappa shape index (κ3) is 3.05. The summed E-state index contributed by atoms with van der Waals surface area (Å²) in [6.07, 6.45) is 3.38. The van der Waals surface area contributed by atoms with Gasteiger partial charge in [-0.1, -0.05) is 22.8 Å². The number of hydrogen-bond donors (Lipinski definition) is 2. The van der Waals surface area contributed by atoms with Crippen LogP contribution in [0, 0.1) is 13.8 Å². The number of nitrogens with zero attached hydrogens (tertiary/aromatic N) is 5. The number of pyridine rings is 1. The van der Waals surface area contributed by atoms with E-state index in [4.69, 9.17) is 0 Å². The first-order chi connectivity index (χ1) is 13.0. The van der Waals surface area contributed by atoms with E-state index < -0.39 is 6.04 Å². The van der Waals surface area contributed by atoms with Gasteiger partial charge in [0.05, 0.1) is 5.57 Å². The van der Waals surface area contributed by atoms with Crippen LogP contribution in [0.3, 0.4) is 0 Å². The van der Waals surface area contributed by atoms with Crippen molar-refractivity contribution in [2.75, 3.05) is 10.6 Å². The number of nitrogens with one attached hydrogen (secondary N) is 2. The summed E-state index contributed by atoms with van der Waals surface area (Å²) in [5.41, 5.74) is 5.08. The Kier molecular flexibility index (Phi) is 4.15. The van der Waals surface area contributed by atoms with Crippen LogP contribution in [0.1, 0.15) is 29.7 Å². The smallest absolute Gasteiger partial charge is 0.255 e. The van der Waals surface area contributed by atoms with Gasteiger partial charge in [-0.2, -0.15) is 4.68 Å². The molecule has 0 spiro atoms. The third-order valence-corrected chi connectivity index (χ3v) is 4.61. The van der Waals surface area contributed by atoms with Gasteiger partial charge in [-0.25, -0.2) is 0 Å². The highest BCUT2D eigenvalue weighted by molar-refractivity contribution is 6.06. The van der Waals surface area contributed by atoms with E-state index in [9.17, 15) is 4.79 Å². The maximum atomic E-state index is 13.2. The molecule has 27 heavy (non-hydrogen) atoms. The average Bonchev–Trinajstić information content (AvgIpc) is 3.11. The Hall–Kier alpha value is -3.55. The van der Waals surface area contributed by atoms with Crippen molar-refractivity contribution in [3.05, 3.63) is 70.7 Å². The van der Waals surface area contributed by atoms with Crippen LogP contribution in [0.5, 0.6) is 0 Å². The van der Waals surface area contributed by atoms with Gasteiger partial charge >= 0.3 is 0 Å². The molecule has 4 rings (SSSR count). The van der Waals surface area contributed by atoms with Crippen molar-refractivity contribution >= 4 is 17.5 Å². The molecular weight excluding hydrogens is 342 g/mol. The standard InChI is InChI=1S/C19H19N7O/c1-11-4-5-15(12(2)10-11)22-18(27)16-13(3)21-19-23-24-25-26(19)17(16)14-6-8-20-9-7-14/h4-10,17H,1-3H3,(H,22,27)(H,21,23,25)/t17-/m0/s1. The number of amides is 1. The lowest BCUT2D eigenvalue weighted by atomic mass is 9.95. The molecule has 1 aromatic carbocycles. The minimum absolute atomic E-state index is 0.199. The molecular formula is C19H19N7O. The summed E-state index contributed by atoms with van der Waals surface area (Å²) in [5, 5.41) is 17.9. The molecule has 1 aliphatic heterocycles. The Bertz CT molecular complexity index is 1040. The second-order valence-electron chi connectivity index (χ2n) is 6.57. The molecule has 0 saturated heterocycles. The van der Waals surface area contributed by atoms with E-state index in [0.29, 0.717) is 17.2 Å². The van der Waals surface area contributed by atoms with Crippen LogP contribution in [-0.2, 0) is 4.79 Å². The van der Waals surface area contributed by atoms with Gasteiger partial charge in [0.1, 0.15) is 6.04 Å². The molecule has 1 amide bonds. The zero-order chi connectivity index (χ0) is 19.0. The van der Waals surface area contributed by atoms with Crippen LogP contribution in [0.2, 0.25) is 0 Å². The van der Waals surface area contributed by atoms with E-state index in [2.05, 4.69) is 31.1 Å². The van der Waals surface area contributed by atoms with E-state index in [1.54, 1.807) is 17.1 Å². The number of benzene rings is 1. The fraction of sp³-hybridized carbons (Fsp3) is 0.211. The first kappa shape index (κ1) is 16.9. The molecule has 0 bridgehead atoms. The van der Waals surface area contributed by atoms with Crippen LogP contribution >= 0.6 is 0 Å². The van der Waals surface area contributed by atoms with Crippen LogP contribution in [0.25, 0.3) is 0 Å². The molecule has 8 heteroatoms. The predicted molar refractivity (Wildman–Crippen MR) is 101 cm³/mol. The summed E-state index contributed by atoms with van der Waals surface area (Å²) in [4.78, 5) is 17.3. The molecule has 2 aromatic heterocycles. The number of allylic oxidation sites excluding steroid dienone is 1. The molecule has 8 nitrogen and oxygen atoms in total. The molecule has 136 valence electrons. The number of rotatable bonds is 3. The van der Waals surface area contributed by atoms with E-state index >= 15 is 0 Å². The maximum Gasteiger partial charge on any atom is 0.255 e. The third-order valence-electron chi connectivity index (χ3n) is 4.61. The second-order valence-corrected chi connectivity index (χ2v) is 6.57. The maximum absolute atomic E-state index is 13.2. The zero-order valence-electron chi connectivity index (χ0n) is 15.3. The molecule has 0 radical (unpaired) electrons. The number of tetrazole rings is 1. The largest absolute Gasteiger partial charge is 0.326 e. The summed E-state index contributed by atoms with van der Waals surface area (Å²) in [6.45, 7) is 5.85. The van der Waals surface area contributed by atoms with Gasteiger partial charge in [0.2, 0.25) is 5.95 Å². The van der Waals surface area contributed by atoms with Gasteiger partial charge in [-0.3, -0.25) is 9.78 Å². The Morgan fingerprint density at radius 1 is 1.15 bits per heavy atom. The highest BCUT2D eigenvalue weighted by Crippen LogP contribution is 2.34. The lowest BCUT2D eigenvalue weighted by molar-refractivity contribution is -0.113. The second kappa shape index (κ2) is 6.64. The molecule has 1 aliphatic rings. The van der Waals surface area contributed by atoms with Crippen molar-refractivity contribution in [2.24, 2.45) is 0 Å². The van der Waals surface area contributed by atoms with Gasteiger partial charge in [0.15, 0.2) is 0 Å². The minimum Gasteiger partial charge on any atom is -0.326 e. The van der Waals surface area contributed by atoms with Gasteiger partial charge in [-0.15, -0.1) is 0 Å². The first-order valence-corrected chi connectivity index (χ1v) is 8.59. The molecule has 0 fully saturated rings. The fourth-order valence-corrected chi connectivity index (χ4v) is 3.30. The molecule has 0 saturated carbocycles. The first-order valence-electron chi connectivity index (χ1n) is 8.59. The van der Waals surface area contributed by atoms with Crippen LogP contribution < -0.4 is 10.6 Å². The lowest BCUT2D eigenvalue weighted by Gasteiger charge is -2.28. The monoisotopic (exact) mass is 361 g/mol. The molecule has 3 aromatic rings. The van der Waals surface area contributed by atoms with Crippen molar-refractivity contribution in [1.82, 2.24) is 25.2 Å². The van der Waals surface area contributed by atoms with Crippen LogP contribution in [0.15, 0.2) is 54.0 Å². The van der Waals surface area contributed by atoms with E-state index in [-0.39, 0.29) is 5.91 Å². The Morgan fingerprint density at radius 3 is 2.67 bits per heavy atom. The van der Waals surface area contributed by atoms with Gasteiger partial charge in [0.25, 0.3) is 5.91 Å². The molecule has 0 aliphatic carbocycles. The zero-order valence-corrected chi connectivity index (χ0v) is 15.3. The number of carbonyl (C=O) groups excluding carboxylic acids is 1. The number of anilines is 2. The van der Waals surface area contributed by atoms with Crippen molar-refractivity contribution in [3.63, 3.8) is 0 Å². The van der Waals surface area contributed by atoms with Crippen LogP contribution in [-0.4, -0.2) is 31.1 Å². The van der Waals surface area contributed by atoms with E-state index in [0.717, 1.165) is 22.4 Å². The summed E-state index contributed by atoms with van der Waals surface area (Å²) in [5.74, 6) is 0.298. The Labute approximate surface area is 156 Å². The quantitative estimate of drug-likeness (QED) is 0.744. The van der Waals surface area contributed by atoms with Crippen molar-refractivity contribution in [1.29, 1.82) is 0 Å². The number of fused-ring (bicyclic) bond motifs is 1. The molecule has 3 heterocycles. The summed E-state index contributed by atoms with van der Waals surface area (Å²) >= 11 is 0. The Morgan fingerprint density at radius 2 is 1.93 bits per heavy atom. The highest BCUT2D eigenvalue weighted by Gasteiger charge is 2.34. The van der Waals surface area contributed by atoms with Crippen molar-refractivity contribution in [2.45, 2.75) is 26.8 Å². The normalized spacial score (nSPS) is 15.9. The van der Waals surface area contributed by atoms with E-state index in [1.165, 1.54) is 0 Å². The molecule has 2 N–H and O–H groups in total. The minimum atomic E-state index is -0.440. The SMILES string of the molecule is CC1=C(C(=O)Nc2ccc(C)cc2C)[C@H](c2ccncc2)n2nnnc2N1.